The molecule has 26 heavy (non-hydrogen) atoms. The number of halogens is 2. The molecule has 1 fully saturated rings. The monoisotopic (exact) mass is 360 g/mol. The van der Waals surface area contributed by atoms with Crippen LogP contribution in [0.3, 0.4) is 0 Å². The Balaban J connectivity index is 1.35. The largest absolute Gasteiger partial charge is 0.494 e. The Labute approximate surface area is 154 Å². The van der Waals surface area contributed by atoms with Crippen molar-refractivity contribution in [1.29, 1.82) is 0 Å². The van der Waals surface area contributed by atoms with Gasteiger partial charge in [0.25, 0.3) is 0 Å². The first kappa shape index (κ1) is 18.6. The van der Waals surface area contributed by atoms with Gasteiger partial charge in [-0.1, -0.05) is 0 Å². The van der Waals surface area contributed by atoms with E-state index in [4.69, 9.17) is 4.74 Å². The van der Waals surface area contributed by atoms with Crippen LogP contribution in [0.25, 0.3) is 0 Å². The summed E-state index contributed by atoms with van der Waals surface area (Å²) in [7, 11) is 2.09. The highest BCUT2D eigenvalue weighted by atomic mass is 19.1. The van der Waals surface area contributed by atoms with E-state index in [1.54, 1.807) is 12.1 Å². The Bertz CT molecular complexity index is 667. The van der Waals surface area contributed by atoms with Crippen LogP contribution in [0.5, 0.6) is 5.75 Å². The number of hydrogen-bond donors (Lipinski definition) is 0. The van der Waals surface area contributed by atoms with Gasteiger partial charge in [0.05, 0.1) is 6.61 Å². The fraction of sp³-hybridized carbons (Fsp3) is 0.429. The fourth-order valence-corrected chi connectivity index (χ4v) is 3.43. The molecule has 0 saturated carbocycles. The van der Waals surface area contributed by atoms with Crippen LogP contribution in [-0.2, 0) is 0 Å². The third-order valence-electron chi connectivity index (χ3n) is 5.04. The van der Waals surface area contributed by atoms with E-state index in [0.717, 1.165) is 44.6 Å². The Kier molecular flexibility index (Phi) is 6.45. The highest BCUT2D eigenvalue weighted by Gasteiger charge is 2.22. The van der Waals surface area contributed by atoms with Crippen molar-refractivity contribution in [3.8, 4) is 5.75 Å². The standard InChI is InChI=1S/C21H26F2N2O/c1-24(19-7-3-17(22)4-8-19)20-11-14-25(15-12-20)13-2-16-26-21-9-5-18(23)6-10-21/h3-10,20H,2,11-16H2,1H3. The average molecular weight is 360 g/mol. The van der Waals surface area contributed by atoms with E-state index in [1.165, 1.54) is 24.3 Å². The van der Waals surface area contributed by atoms with E-state index in [-0.39, 0.29) is 11.6 Å². The summed E-state index contributed by atoms with van der Waals surface area (Å²) in [6, 6.07) is 13.4. The maximum Gasteiger partial charge on any atom is 0.123 e. The minimum atomic E-state index is -0.245. The lowest BCUT2D eigenvalue weighted by Crippen LogP contribution is -2.43. The highest BCUT2D eigenvalue weighted by molar-refractivity contribution is 5.46. The number of hydrogen-bond acceptors (Lipinski definition) is 3. The van der Waals surface area contributed by atoms with Crippen LogP contribution in [0.2, 0.25) is 0 Å². The molecule has 2 aromatic carbocycles. The zero-order valence-electron chi connectivity index (χ0n) is 15.2. The molecule has 1 heterocycles. The Morgan fingerprint density at radius 1 is 0.962 bits per heavy atom. The quantitative estimate of drug-likeness (QED) is 0.684. The molecule has 0 unspecified atom stereocenters. The summed E-state index contributed by atoms with van der Waals surface area (Å²) in [5.41, 5.74) is 1.07. The van der Waals surface area contributed by atoms with Gasteiger partial charge >= 0.3 is 0 Å². The summed E-state index contributed by atoms with van der Waals surface area (Å²) in [5.74, 6) is 0.275. The van der Waals surface area contributed by atoms with Gasteiger partial charge in [0.2, 0.25) is 0 Å². The summed E-state index contributed by atoms with van der Waals surface area (Å²) >= 11 is 0. The Morgan fingerprint density at radius 3 is 2.15 bits per heavy atom. The summed E-state index contributed by atoms with van der Waals surface area (Å²) in [4.78, 5) is 4.72. The molecule has 0 N–H and O–H groups in total. The van der Waals surface area contributed by atoms with Crippen molar-refractivity contribution < 1.29 is 13.5 Å². The predicted octanol–water partition coefficient (Wildman–Crippen LogP) is 4.33. The van der Waals surface area contributed by atoms with E-state index in [9.17, 15) is 8.78 Å². The molecule has 0 atom stereocenters. The molecule has 0 radical (unpaired) electrons. The Hall–Kier alpha value is -2.14. The minimum absolute atomic E-state index is 0.195. The van der Waals surface area contributed by atoms with Crippen LogP contribution in [0, 0.1) is 11.6 Å². The molecule has 0 aromatic heterocycles. The molecule has 5 heteroatoms. The molecule has 0 amide bonds. The molecule has 0 aliphatic carbocycles. The molecule has 3 nitrogen and oxygen atoms in total. The van der Waals surface area contributed by atoms with E-state index in [0.29, 0.717) is 18.4 Å². The summed E-state index contributed by atoms with van der Waals surface area (Å²) in [5, 5.41) is 0. The topological polar surface area (TPSA) is 15.7 Å². The SMILES string of the molecule is CN(c1ccc(F)cc1)C1CCN(CCCOc2ccc(F)cc2)CC1. The molecule has 0 spiro atoms. The van der Waals surface area contributed by atoms with Crippen molar-refractivity contribution >= 4 is 5.69 Å². The molecule has 140 valence electrons. The third-order valence-corrected chi connectivity index (χ3v) is 5.04. The van der Waals surface area contributed by atoms with E-state index < -0.39 is 0 Å². The van der Waals surface area contributed by atoms with Crippen molar-refractivity contribution in [2.45, 2.75) is 25.3 Å². The molecule has 1 aliphatic rings. The predicted molar refractivity (Wildman–Crippen MR) is 101 cm³/mol. The number of benzene rings is 2. The van der Waals surface area contributed by atoms with Gasteiger partial charge in [0, 0.05) is 38.4 Å². The van der Waals surface area contributed by atoms with Crippen LogP contribution in [0.4, 0.5) is 14.5 Å². The zero-order chi connectivity index (χ0) is 18.4. The number of ether oxygens (including phenoxy) is 1. The second-order valence-corrected chi connectivity index (χ2v) is 6.82. The van der Waals surface area contributed by atoms with Crippen molar-refractivity contribution in [3.63, 3.8) is 0 Å². The van der Waals surface area contributed by atoms with Gasteiger partial charge in [0.15, 0.2) is 0 Å². The second kappa shape index (κ2) is 8.99. The maximum atomic E-state index is 13.1. The summed E-state index contributed by atoms with van der Waals surface area (Å²) in [6.07, 6.45) is 3.16. The molecular formula is C21H26F2N2O. The minimum Gasteiger partial charge on any atom is -0.494 e. The lowest BCUT2D eigenvalue weighted by Gasteiger charge is -2.37. The first-order valence-corrected chi connectivity index (χ1v) is 9.21. The van der Waals surface area contributed by atoms with Crippen molar-refractivity contribution in [3.05, 3.63) is 60.2 Å². The van der Waals surface area contributed by atoms with Crippen LogP contribution in [-0.4, -0.2) is 44.2 Å². The van der Waals surface area contributed by atoms with Gasteiger partial charge < -0.3 is 14.5 Å². The first-order chi connectivity index (χ1) is 12.6. The summed E-state index contributed by atoms with van der Waals surface area (Å²) < 4.78 is 31.6. The average Bonchev–Trinajstić information content (AvgIpc) is 2.67. The van der Waals surface area contributed by atoms with Crippen molar-refractivity contribution in [2.75, 3.05) is 38.2 Å². The molecule has 2 aromatic rings. The molecular weight excluding hydrogens is 334 g/mol. The molecule has 3 rings (SSSR count). The van der Waals surface area contributed by atoms with Gasteiger partial charge in [-0.05, 0) is 67.8 Å². The number of nitrogens with zero attached hydrogens (tertiary/aromatic N) is 2. The second-order valence-electron chi connectivity index (χ2n) is 6.82. The Morgan fingerprint density at radius 2 is 1.54 bits per heavy atom. The van der Waals surface area contributed by atoms with Crippen LogP contribution < -0.4 is 9.64 Å². The fourth-order valence-electron chi connectivity index (χ4n) is 3.43. The third kappa shape index (κ3) is 5.18. The lowest BCUT2D eigenvalue weighted by molar-refractivity contribution is 0.192. The van der Waals surface area contributed by atoms with Crippen molar-refractivity contribution in [2.24, 2.45) is 0 Å². The van der Waals surface area contributed by atoms with Gasteiger partial charge in [0.1, 0.15) is 17.4 Å². The number of rotatable bonds is 7. The van der Waals surface area contributed by atoms with Gasteiger partial charge in [-0.2, -0.15) is 0 Å². The van der Waals surface area contributed by atoms with Gasteiger partial charge in [-0.15, -0.1) is 0 Å². The van der Waals surface area contributed by atoms with Crippen LogP contribution >= 0.6 is 0 Å². The van der Waals surface area contributed by atoms with Crippen LogP contribution in [0.1, 0.15) is 19.3 Å². The lowest BCUT2D eigenvalue weighted by atomic mass is 10.0. The highest BCUT2D eigenvalue weighted by Crippen LogP contribution is 2.22. The van der Waals surface area contributed by atoms with Gasteiger partial charge in [-0.3, -0.25) is 0 Å². The summed E-state index contributed by atoms with van der Waals surface area (Å²) in [6.45, 7) is 3.77. The van der Waals surface area contributed by atoms with Crippen molar-refractivity contribution in [1.82, 2.24) is 4.90 Å². The van der Waals surface area contributed by atoms with Gasteiger partial charge in [-0.25, -0.2) is 8.78 Å². The number of anilines is 1. The smallest absolute Gasteiger partial charge is 0.123 e. The van der Waals surface area contributed by atoms with E-state index in [1.807, 2.05) is 12.1 Å². The first-order valence-electron chi connectivity index (χ1n) is 9.21. The molecule has 0 bridgehead atoms. The zero-order valence-corrected chi connectivity index (χ0v) is 15.2. The van der Waals surface area contributed by atoms with Crippen LogP contribution in [0.15, 0.2) is 48.5 Å². The normalized spacial score (nSPS) is 15.8. The molecule has 1 aliphatic heterocycles. The number of piperidine rings is 1. The number of likely N-dealkylation sites (tertiary alicyclic amines) is 1. The van der Waals surface area contributed by atoms with E-state index >= 15 is 0 Å². The molecule has 1 saturated heterocycles. The maximum absolute atomic E-state index is 13.1. The van der Waals surface area contributed by atoms with E-state index in [2.05, 4.69) is 16.8 Å².